The van der Waals surface area contributed by atoms with Crippen molar-refractivity contribution >= 4 is 79.7 Å². The number of aromatic amines is 1. The van der Waals surface area contributed by atoms with Gasteiger partial charge in [-0.15, -0.1) is 11.8 Å². The lowest BCUT2D eigenvalue weighted by atomic mass is 9.68. The van der Waals surface area contributed by atoms with Crippen LogP contribution in [0.1, 0.15) is 28.3 Å². The van der Waals surface area contributed by atoms with Crippen molar-refractivity contribution in [3.8, 4) is 5.75 Å². The summed E-state index contributed by atoms with van der Waals surface area (Å²) in [6, 6.07) is 20.1. The molecule has 3 amide bonds. The number of halogens is 2. The minimum Gasteiger partial charge on any atom is -0.483 e. The van der Waals surface area contributed by atoms with E-state index >= 15 is 0 Å². The molecule has 2 aliphatic heterocycles. The lowest BCUT2D eigenvalue weighted by molar-refractivity contribution is -0.123. The first-order chi connectivity index (χ1) is 22.2. The Morgan fingerprint density at radius 3 is 2.57 bits per heavy atom. The number of hydrogen-bond acceptors (Lipinski definition) is 7. The van der Waals surface area contributed by atoms with Crippen molar-refractivity contribution in [3.63, 3.8) is 0 Å². The molecular formula is C34H27BrClN3O5S2. The van der Waals surface area contributed by atoms with Crippen LogP contribution in [0, 0.1) is 36.5 Å². The van der Waals surface area contributed by atoms with Crippen molar-refractivity contribution in [1.82, 2.24) is 4.98 Å². The lowest BCUT2D eigenvalue weighted by Gasteiger charge is -2.43. The van der Waals surface area contributed by atoms with Crippen LogP contribution in [0.5, 0.6) is 5.75 Å². The maximum atomic E-state index is 14.1. The first-order valence-corrected chi connectivity index (χ1v) is 17.9. The molecule has 46 heavy (non-hydrogen) atoms. The number of nitrogens with one attached hydrogen (secondary N) is 2. The van der Waals surface area contributed by atoms with Crippen LogP contribution in [0.25, 0.3) is 0 Å². The minimum absolute atomic E-state index is 0.00654. The number of anilines is 2. The first-order valence-electron chi connectivity index (χ1n) is 15.0. The molecule has 0 spiro atoms. The molecule has 2 aliphatic carbocycles. The first kappa shape index (κ1) is 30.0. The van der Waals surface area contributed by atoms with Crippen LogP contribution >= 0.6 is 50.6 Å². The Morgan fingerprint density at radius 1 is 1.04 bits per heavy atom. The molecule has 3 aromatic carbocycles. The molecular weight excluding hydrogens is 710 g/mol. The van der Waals surface area contributed by atoms with Gasteiger partial charge in [0, 0.05) is 36.8 Å². The molecule has 2 bridgehead atoms. The number of ether oxygens (including phenoxy) is 1. The Bertz CT molecular complexity index is 1980. The van der Waals surface area contributed by atoms with E-state index in [2.05, 4.69) is 26.2 Å². The fourth-order valence-electron chi connectivity index (χ4n) is 8.17. The lowest BCUT2D eigenvalue weighted by Crippen LogP contribution is -2.42. The average Bonchev–Trinajstić information content (AvgIpc) is 3.76. The van der Waals surface area contributed by atoms with Gasteiger partial charge in [0.15, 0.2) is 6.61 Å². The predicted molar refractivity (Wildman–Crippen MR) is 182 cm³/mol. The Morgan fingerprint density at radius 2 is 1.80 bits per heavy atom. The van der Waals surface area contributed by atoms with Gasteiger partial charge in [0.1, 0.15) is 5.75 Å². The number of rotatable bonds is 6. The molecule has 2 N–H and O–H groups in total. The number of aryl methyl sites for hydroxylation is 1. The second kappa shape index (κ2) is 11.4. The van der Waals surface area contributed by atoms with Crippen molar-refractivity contribution in [2.75, 3.05) is 16.8 Å². The number of aromatic nitrogens is 1. The van der Waals surface area contributed by atoms with Gasteiger partial charge in [0.05, 0.1) is 22.5 Å². The summed E-state index contributed by atoms with van der Waals surface area (Å²) in [5, 5.41) is 4.18. The van der Waals surface area contributed by atoms with E-state index in [0.29, 0.717) is 22.1 Å². The average molecular weight is 737 g/mol. The maximum absolute atomic E-state index is 14.1. The summed E-state index contributed by atoms with van der Waals surface area (Å²) in [5.74, 6) is -1.39. The second-order valence-electron chi connectivity index (χ2n) is 12.3. The van der Waals surface area contributed by atoms with Gasteiger partial charge in [0.2, 0.25) is 11.8 Å². The molecule has 4 aromatic rings. The number of imide groups is 1. The van der Waals surface area contributed by atoms with E-state index in [0.717, 1.165) is 43.3 Å². The van der Waals surface area contributed by atoms with Gasteiger partial charge < -0.3 is 15.0 Å². The maximum Gasteiger partial charge on any atom is 0.305 e. The van der Waals surface area contributed by atoms with Crippen molar-refractivity contribution in [1.29, 1.82) is 0 Å². The highest BCUT2D eigenvalue weighted by Gasteiger charge is 2.69. The molecule has 3 heterocycles. The van der Waals surface area contributed by atoms with Crippen LogP contribution in [-0.2, 0) is 14.4 Å². The summed E-state index contributed by atoms with van der Waals surface area (Å²) in [4.78, 5) is 58.7. The molecule has 4 unspecified atom stereocenters. The summed E-state index contributed by atoms with van der Waals surface area (Å²) < 4.78 is 7.04. The molecule has 234 valence electrons. The Kier molecular flexibility index (Phi) is 7.43. The number of nitrogens with zero attached hydrogens (tertiary/aromatic N) is 1. The summed E-state index contributed by atoms with van der Waals surface area (Å²) in [6.07, 6.45) is 0.759. The molecule has 8 nitrogen and oxygen atoms in total. The molecule has 2 saturated carbocycles. The number of H-pyrrole nitrogens is 1. The van der Waals surface area contributed by atoms with Crippen molar-refractivity contribution < 1.29 is 19.1 Å². The molecule has 12 heteroatoms. The van der Waals surface area contributed by atoms with Gasteiger partial charge in [-0.2, -0.15) is 0 Å². The summed E-state index contributed by atoms with van der Waals surface area (Å²) >= 11 is 12.8. The van der Waals surface area contributed by atoms with Crippen LogP contribution in [0.2, 0.25) is 5.02 Å². The van der Waals surface area contributed by atoms with E-state index in [4.69, 9.17) is 16.3 Å². The highest BCUT2D eigenvalue weighted by atomic mass is 79.9. The Hall–Kier alpha value is -3.38. The van der Waals surface area contributed by atoms with Crippen molar-refractivity contribution in [2.24, 2.45) is 29.6 Å². The van der Waals surface area contributed by atoms with Gasteiger partial charge in [-0.25, -0.2) is 0 Å². The standard InChI is InChI=1S/C34H27BrClN3O5S2/c1-15-3-2-4-18(11-15)37-24(40)14-44-23-10-7-17(36)12-20(23)25-26-21-13-22(29(26)45-31-30(25)46-34(43)38-31)28-27(21)32(41)39(33(28)42)19-8-5-16(35)6-9-19/h2-12,21-22,25-29H,13-14H2,1H3,(H,37,40)(H,38,43)/t21-,22-,25-,26?,27?,28?,29?/m1/s1. The zero-order valence-electron chi connectivity index (χ0n) is 24.4. The van der Waals surface area contributed by atoms with Gasteiger partial charge in [-0.05, 0) is 91.3 Å². The smallest absolute Gasteiger partial charge is 0.305 e. The van der Waals surface area contributed by atoms with Gasteiger partial charge >= 0.3 is 4.87 Å². The number of benzene rings is 3. The van der Waals surface area contributed by atoms with Crippen molar-refractivity contribution in [3.05, 3.63) is 102 Å². The number of carbonyl (C=O) groups excluding carboxylic acids is 3. The zero-order chi connectivity index (χ0) is 31.9. The highest BCUT2D eigenvalue weighted by Crippen LogP contribution is 2.69. The largest absolute Gasteiger partial charge is 0.483 e. The van der Waals surface area contributed by atoms with E-state index < -0.39 is 11.8 Å². The third kappa shape index (κ3) is 4.85. The predicted octanol–water partition coefficient (Wildman–Crippen LogP) is 6.86. The van der Waals surface area contributed by atoms with E-state index in [1.54, 1.807) is 36.0 Å². The number of fused-ring (bicyclic) bond motifs is 9. The minimum atomic E-state index is -0.439. The third-order valence-electron chi connectivity index (χ3n) is 9.78. The van der Waals surface area contributed by atoms with E-state index in [9.17, 15) is 19.2 Å². The quantitative estimate of drug-likeness (QED) is 0.210. The van der Waals surface area contributed by atoms with Gasteiger partial charge in [0.25, 0.3) is 5.91 Å². The summed E-state index contributed by atoms with van der Waals surface area (Å²) in [6.45, 7) is 1.73. The number of thioether (sulfide) groups is 1. The molecule has 3 fully saturated rings. The summed E-state index contributed by atoms with van der Waals surface area (Å²) in [7, 11) is 0. The SMILES string of the molecule is Cc1cccc(NC(=O)COc2ccc(Cl)cc2[C@H]2c3sc(=O)[nH]c3SC3C2[C@H]2C[C@@H]3C3C(=O)N(c4ccc(Br)cc4)C(=O)C32)c1. The number of thiazole rings is 1. The van der Waals surface area contributed by atoms with Crippen LogP contribution in [-0.4, -0.2) is 34.6 Å². The van der Waals surface area contributed by atoms with E-state index in [1.807, 2.05) is 49.4 Å². The number of carbonyl (C=O) groups is 3. The van der Waals surface area contributed by atoms with Crippen LogP contribution < -0.4 is 19.8 Å². The number of hydrogen-bond donors (Lipinski definition) is 2. The Labute approximate surface area is 286 Å². The number of amides is 3. The monoisotopic (exact) mass is 735 g/mol. The van der Waals surface area contributed by atoms with E-state index in [-0.39, 0.29) is 58.1 Å². The van der Waals surface area contributed by atoms with Gasteiger partial charge in [-0.3, -0.25) is 24.1 Å². The second-order valence-corrected chi connectivity index (χ2v) is 15.9. The summed E-state index contributed by atoms with van der Waals surface area (Å²) in [5.41, 5.74) is 3.06. The van der Waals surface area contributed by atoms with E-state index in [1.165, 1.54) is 4.90 Å². The molecule has 7 atom stereocenters. The fourth-order valence-corrected chi connectivity index (χ4v) is 11.5. The fraction of sp³-hybridized carbons (Fsp3) is 0.294. The third-order valence-corrected chi connectivity index (χ3v) is 13.1. The van der Waals surface area contributed by atoms with Crippen molar-refractivity contribution in [2.45, 2.75) is 29.5 Å². The van der Waals surface area contributed by atoms with Crippen LogP contribution in [0.15, 0.2) is 81.0 Å². The van der Waals surface area contributed by atoms with Gasteiger partial charge in [-0.1, -0.05) is 51.0 Å². The molecule has 1 aromatic heterocycles. The molecule has 1 saturated heterocycles. The topological polar surface area (TPSA) is 109 Å². The molecule has 4 aliphatic rings. The Balaban J connectivity index is 1.14. The zero-order valence-corrected chi connectivity index (χ0v) is 28.3. The molecule has 0 radical (unpaired) electrons. The molecule has 8 rings (SSSR count). The van der Waals surface area contributed by atoms with Crippen LogP contribution in [0.3, 0.4) is 0 Å². The normalized spacial score (nSPS) is 27.4. The highest BCUT2D eigenvalue weighted by molar-refractivity contribution is 9.10. The van der Waals surface area contributed by atoms with Crippen LogP contribution in [0.4, 0.5) is 11.4 Å².